The number of nitrogens with zero attached hydrogens (tertiary/aromatic N) is 2. The molecule has 0 fully saturated rings. The van der Waals surface area contributed by atoms with Gasteiger partial charge in [-0.05, 0) is 69.6 Å². The largest absolute Gasteiger partial charge is 0.385 e. The molecule has 0 spiro atoms. The Hall–Kier alpha value is -1.52. The van der Waals surface area contributed by atoms with Crippen LogP contribution in [0.2, 0.25) is 5.02 Å². The van der Waals surface area contributed by atoms with E-state index < -0.39 is 21.5 Å². The van der Waals surface area contributed by atoms with E-state index in [4.69, 9.17) is 21.7 Å². The zero-order chi connectivity index (χ0) is 21.0. The number of carbonyl (C=O) groups excluding carboxylic acids is 1. The number of amides is 2. The number of thiophene rings is 1. The van der Waals surface area contributed by atoms with Gasteiger partial charge in [0.2, 0.25) is 0 Å². The van der Waals surface area contributed by atoms with Gasteiger partial charge in [0.25, 0.3) is 0 Å². The normalized spacial score (nSPS) is 17.6. The highest BCUT2D eigenvalue weighted by Crippen LogP contribution is 2.38. The Bertz CT molecular complexity index is 1100. The lowest BCUT2D eigenvalue weighted by Gasteiger charge is -2.15. The molecule has 2 heterocycles. The molecular weight excluding hydrogens is 432 g/mol. The Labute approximate surface area is 179 Å². The number of halogens is 1. The van der Waals surface area contributed by atoms with Crippen LogP contribution in [-0.2, 0) is 41.2 Å². The maximum Gasteiger partial charge on any atom is 0.354 e. The number of nitrogens with two attached hydrogens (primary N) is 1. The first kappa shape index (κ1) is 20.7. The van der Waals surface area contributed by atoms with Gasteiger partial charge in [0.15, 0.2) is 9.92 Å². The van der Waals surface area contributed by atoms with Crippen molar-refractivity contribution in [3.8, 4) is 0 Å². The third kappa shape index (κ3) is 3.94. The molecule has 1 atom stereocenters. The second kappa shape index (κ2) is 7.31. The van der Waals surface area contributed by atoms with Gasteiger partial charge >= 0.3 is 6.03 Å². The number of rotatable bonds is 3. The highest BCUT2D eigenvalue weighted by atomic mass is 35.5. The Morgan fingerprint density at radius 1 is 1.28 bits per heavy atom. The van der Waals surface area contributed by atoms with Crippen LogP contribution in [0.1, 0.15) is 54.1 Å². The molecule has 0 radical (unpaired) electrons. The summed E-state index contributed by atoms with van der Waals surface area (Å²) in [6.07, 6.45) is 5.54. The molecule has 0 saturated heterocycles. The number of fused-ring (bicyclic) bond motifs is 2. The molecule has 0 aliphatic heterocycles. The zero-order valence-electron chi connectivity index (χ0n) is 16.2. The zero-order valence-corrected chi connectivity index (χ0v) is 18.6. The van der Waals surface area contributed by atoms with Gasteiger partial charge in [-0.3, -0.25) is 4.98 Å². The number of aliphatic hydroxyl groups is 1. The summed E-state index contributed by atoms with van der Waals surface area (Å²) >= 11 is 7.15. The van der Waals surface area contributed by atoms with E-state index in [0.717, 1.165) is 78.1 Å². The Morgan fingerprint density at radius 3 is 2.38 bits per heavy atom. The van der Waals surface area contributed by atoms with Crippen LogP contribution in [0.25, 0.3) is 0 Å². The minimum absolute atomic E-state index is 0.153. The van der Waals surface area contributed by atoms with Gasteiger partial charge in [0.1, 0.15) is 4.21 Å². The van der Waals surface area contributed by atoms with Crippen LogP contribution in [-0.4, -0.2) is 20.3 Å². The fraction of sp³-hybridized carbons (Fsp3) is 0.474. The second-order valence-electron chi connectivity index (χ2n) is 7.94. The summed E-state index contributed by atoms with van der Waals surface area (Å²) in [5, 5.41) is 19.2. The number of pyridine rings is 1. The van der Waals surface area contributed by atoms with Crippen LogP contribution in [0, 0.1) is 0 Å². The average molecular weight is 455 g/mol. The summed E-state index contributed by atoms with van der Waals surface area (Å²) in [4.78, 5) is 17.8. The van der Waals surface area contributed by atoms with Gasteiger partial charge in [-0.2, -0.15) is 0 Å². The van der Waals surface area contributed by atoms with Crippen molar-refractivity contribution in [2.45, 2.75) is 62.2 Å². The average Bonchev–Trinajstić information content (AvgIpc) is 3.31. The van der Waals surface area contributed by atoms with Gasteiger partial charge in [-0.15, -0.1) is 15.7 Å². The van der Waals surface area contributed by atoms with Crippen LogP contribution in [0.3, 0.4) is 0 Å². The molecule has 10 heteroatoms. The number of carbonyl (C=O) groups is 1. The van der Waals surface area contributed by atoms with E-state index >= 15 is 0 Å². The van der Waals surface area contributed by atoms with E-state index in [1.807, 2.05) is 0 Å². The second-order valence-corrected chi connectivity index (χ2v) is 11.4. The van der Waals surface area contributed by atoms with Gasteiger partial charge in [-0.25, -0.2) is 14.1 Å². The van der Waals surface area contributed by atoms with Gasteiger partial charge < -0.3 is 10.4 Å². The smallest absolute Gasteiger partial charge is 0.354 e. The summed E-state index contributed by atoms with van der Waals surface area (Å²) in [7, 11) is -3.50. The van der Waals surface area contributed by atoms with E-state index in [1.54, 1.807) is 13.8 Å². The quantitative estimate of drug-likeness (QED) is 0.650. The van der Waals surface area contributed by atoms with E-state index in [2.05, 4.69) is 9.68 Å². The van der Waals surface area contributed by atoms with Crippen molar-refractivity contribution in [2.75, 3.05) is 5.32 Å². The van der Waals surface area contributed by atoms with E-state index in [1.165, 1.54) is 6.07 Å². The predicted octanol–water partition coefficient (Wildman–Crippen LogP) is 3.93. The topological polar surface area (TPSA) is 118 Å². The molecule has 7 nitrogen and oxygen atoms in total. The third-order valence-electron chi connectivity index (χ3n) is 5.21. The number of hydrogen-bond donors (Lipinski definition) is 3. The number of anilines is 1. The number of nitrogens with one attached hydrogen (secondary N) is 1. The minimum Gasteiger partial charge on any atom is -0.385 e. The predicted molar refractivity (Wildman–Crippen MR) is 115 cm³/mol. The number of aromatic nitrogens is 1. The molecule has 1 unspecified atom stereocenters. The highest BCUT2D eigenvalue weighted by Gasteiger charge is 2.28. The maximum absolute atomic E-state index is 13.0. The van der Waals surface area contributed by atoms with E-state index in [9.17, 15) is 14.1 Å². The molecule has 4 rings (SSSR count). The van der Waals surface area contributed by atoms with Crippen LogP contribution < -0.4 is 10.5 Å². The maximum atomic E-state index is 13.0. The Balaban J connectivity index is 1.67. The standard InChI is InChI=1S/C19H23ClN4O3S2/c1-19(2,26)17-12(20)9-15(28-17)29(21,27)24-18(25)23-16-10-5-3-7-13(10)22-14-8-4-6-11(14)16/h9,26H,3-8H2,1-2H3,(H3,21,22,23,24,25,27). The molecule has 0 bridgehead atoms. The summed E-state index contributed by atoms with van der Waals surface area (Å²) < 4.78 is 16.9. The van der Waals surface area contributed by atoms with E-state index in [0.29, 0.717) is 4.88 Å². The highest BCUT2D eigenvalue weighted by molar-refractivity contribution is 7.93. The fourth-order valence-electron chi connectivity index (χ4n) is 3.94. The molecule has 29 heavy (non-hydrogen) atoms. The summed E-state index contributed by atoms with van der Waals surface area (Å²) in [5.74, 6) is 0. The molecule has 2 aliphatic rings. The van der Waals surface area contributed by atoms with Crippen LogP contribution in [0.5, 0.6) is 0 Å². The molecule has 0 saturated carbocycles. The van der Waals surface area contributed by atoms with Crippen molar-refractivity contribution in [3.63, 3.8) is 0 Å². The molecule has 2 aromatic rings. The number of hydrogen-bond acceptors (Lipinski definition) is 5. The Kier molecular flexibility index (Phi) is 5.23. The van der Waals surface area contributed by atoms with Crippen LogP contribution >= 0.6 is 22.9 Å². The lowest BCUT2D eigenvalue weighted by Crippen LogP contribution is -2.18. The van der Waals surface area contributed by atoms with Gasteiger partial charge in [0.05, 0.1) is 21.2 Å². The summed E-state index contributed by atoms with van der Waals surface area (Å²) in [5.41, 5.74) is 3.74. The molecule has 2 aromatic heterocycles. The number of aryl methyl sites for hydroxylation is 2. The summed E-state index contributed by atoms with van der Waals surface area (Å²) in [6.45, 7) is 3.14. The van der Waals surface area contributed by atoms with Gasteiger partial charge in [0, 0.05) is 11.4 Å². The van der Waals surface area contributed by atoms with Gasteiger partial charge in [-0.1, -0.05) is 11.6 Å². The lowest BCUT2D eigenvalue weighted by molar-refractivity contribution is 0.0826. The van der Waals surface area contributed by atoms with Crippen molar-refractivity contribution >= 4 is 44.6 Å². The minimum atomic E-state index is -3.50. The fourth-order valence-corrected chi connectivity index (χ4v) is 6.82. The van der Waals surface area contributed by atoms with Crippen molar-refractivity contribution in [3.05, 3.63) is 38.5 Å². The molecule has 156 valence electrons. The molecule has 2 aliphatic carbocycles. The SMILES string of the molecule is CC(C)(O)c1sc(S(N)(=O)=NC(=O)Nc2c3c(nc4c2CCC4)CCC3)cc1Cl. The lowest BCUT2D eigenvalue weighted by atomic mass is 10.1. The first-order valence-corrected chi connectivity index (χ1v) is 12.2. The molecule has 2 amide bonds. The number of urea groups is 1. The van der Waals surface area contributed by atoms with Crippen molar-refractivity contribution < 1.29 is 14.1 Å². The summed E-state index contributed by atoms with van der Waals surface area (Å²) in [6, 6.07) is 0.654. The van der Waals surface area contributed by atoms with Crippen molar-refractivity contribution in [1.82, 2.24) is 4.98 Å². The third-order valence-corrected chi connectivity index (χ3v) is 8.96. The molecular formula is C19H23ClN4O3S2. The molecule has 4 N–H and O–H groups in total. The first-order chi connectivity index (χ1) is 13.6. The van der Waals surface area contributed by atoms with E-state index in [-0.39, 0.29) is 9.23 Å². The Morgan fingerprint density at radius 2 is 1.86 bits per heavy atom. The first-order valence-electron chi connectivity index (χ1n) is 9.48. The van der Waals surface area contributed by atoms with Crippen molar-refractivity contribution in [2.24, 2.45) is 9.50 Å². The molecule has 0 aromatic carbocycles. The van der Waals surface area contributed by atoms with Crippen molar-refractivity contribution in [1.29, 1.82) is 0 Å². The van der Waals surface area contributed by atoms with Crippen LogP contribution in [0.15, 0.2) is 14.6 Å². The van der Waals surface area contributed by atoms with Crippen LogP contribution in [0.4, 0.5) is 10.5 Å². The monoisotopic (exact) mass is 454 g/mol.